The summed E-state index contributed by atoms with van der Waals surface area (Å²) in [4.78, 5) is 16.1. The predicted molar refractivity (Wildman–Crippen MR) is 58.2 cm³/mol. The molecular formula is C11H13F3N2O2. The van der Waals surface area contributed by atoms with Gasteiger partial charge in [-0.15, -0.1) is 0 Å². The second kappa shape index (κ2) is 5.70. The summed E-state index contributed by atoms with van der Waals surface area (Å²) in [5, 5.41) is 9.15. The first-order chi connectivity index (χ1) is 8.33. The van der Waals surface area contributed by atoms with Crippen LogP contribution in [0.1, 0.15) is 23.7 Å². The molecule has 0 radical (unpaired) electrons. The first kappa shape index (κ1) is 14.3. The summed E-state index contributed by atoms with van der Waals surface area (Å²) >= 11 is 0. The van der Waals surface area contributed by atoms with Gasteiger partial charge in [0.25, 0.3) is 5.91 Å². The van der Waals surface area contributed by atoms with Crippen LogP contribution in [0.15, 0.2) is 18.5 Å². The van der Waals surface area contributed by atoms with E-state index in [2.05, 4.69) is 4.98 Å². The van der Waals surface area contributed by atoms with E-state index in [0.29, 0.717) is 11.3 Å². The third-order valence-electron chi connectivity index (χ3n) is 2.12. The van der Waals surface area contributed by atoms with E-state index in [1.165, 1.54) is 0 Å². The number of aromatic nitrogens is 1. The molecule has 18 heavy (non-hydrogen) atoms. The van der Waals surface area contributed by atoms with Crippen molar-refractivity contribution >= 4 is 5.91 Å². The number of pyridine rings is 1. The number of carbonyl (C=O) groups is 1. The molecule has 0 spiro atoms. The van der Waals surface area contributed by atoms with E-state index < -0.39 is 18.6 Å². The van der Waals surface area contributed by atoms with Crippen molar-refractivity contribution in [3.63, 3.8) is 0 Å². The minimum Gasteiger partial charge on any atom is -0.506 e. The third kappa shape index (κ3) is 4.23. The second-order valence-corrected chi connectivity index (χ2v) is 3.77. The highest BCUT2D eigenvalue weighted by Crippen LogP contribution is 2.19. The monoisotopic (exact) mass is 262 g/mol. The molecule has 1 rings (SSSR count). The molecule has 0 saturated heterocycles. The zero-order valence-electron chi connectivity index (χ0n) is 9.74. The van der Waals surface area contributed by atoms with Gasteiger partial charge in [-0.3, -0.25) is 9.78 Å². The van der Waals surface area contributed by atoms with Crippen molar-refractivity contribution in [2.24, 2.45) is 0 Å². The highest BCUT2D eigenvalue weighted by molar-refractivity contribution is 5.94. The van der Waals surface area contributed by atoms with Crippen molar-refractivity contribution < 1.29 is 23.1 Å². The van der Waals surface area contributed by atoms with Crippen molar-refractivity contribution in [2.45, 2.75) is 19.5 Å². The maximum absolute atomic E-state index is 12.3. The number of amides is 1. The van der Waals surface area contributed by atoms with E-state index in [4.69, 9.17) is 5.11 Å². The number of aromatic hydroxyl groups is 1. The molecular weight excluding hydrogens is 249 g/mol. The van der Waals surface area contributed by atoms with Crippen molar-refractivity contribution in [3.05, 3.63) is 24.0 Å². The Labute approximate surface area is 102 Å². The lowest BCUT2D eigenvalue weighted by molar-refractivity contribution is -0.140. The maximum Gasteiger partial charge on any atom is 0.406 e. The number of halogens is 3. The number of alkyl halides is 3. The van der Waals surface area contributed by atoms with Crippen LogP contribution in [0, 0.1) is 0 Å². The van der Waals surface area contributed by atoms with Crippen LogP contribution >= 0.6 is 0 Å². The summed E-state index contributed by atoms with van der Waals surface area (Å²) in [7, 11) is 0. The standard InChI is InChI=1S/C11H13F3N2O2/c1-2-3-16(7-11(12,13)14)10(18)8-4-9(17)6-15-5-8/h4-6,17H,2-3,7H2,1H3. The van der Waals surface area contributed by atoms with Gasteiger partial charge < -0.3 is 10.0 Å². The van der Waals surface area contributed by atoms with Gasteiger partial charge in [0.1, 0.15) is 12.3 Å². The van der Waals surface area contributed by atoms with Crippen LogP contribution in [0.3, 0.4) is 0 Å². The highest BCUT2D eigenvalue weighted by atomic mass is 19.4. The van der Waals surface area contributed by atoms with Crippen molar-refractivity contribution in [1.29, 1.82) is 0 Å². The minimum atomic E-state index is -4.45. The quantitative estimate of drug-likeness (QED) is 0.905. The highest BCUT2D eigenvalue weighted by Gasteiger charge is 2.33. The van der Waals surface area contributed by atoms with Crippen LogP contribution in [-0.2, 0) is 0 Å². The largest absolute Gasteiger partial charge is 0.506 e. The molecule has 1 aromatic heterocycles. The van der Waals surface area contributed by atoms with Crippen LogP contribution in [0.25, 0.3) is 0 Å². The number of nitrogens with zero attached hydrogens (tertiary/aromatic N) is 2. The molecule has 100 valence electrons. The Morgan fingerprint density at radius 3 is 2.61 bits per heavy atom. The fourth-order valence-corrected chi connectivity index (χ4v) is 1.47. The van der Waals surface area contributed by atoms with E-state index >= 15 is 0 Å². The van der Waals surface area contributed by atoms with E-state index in [0.717, 1.165) is 18.5 Å². The SMILES string of the molecule is CCCN(CC(F)(F)F)C(=O)c1cncc(O)c1. The zero-order valence-corrected chi connectivity index (χ0v) is 9.74. The summed E-state index contributed by atoms with van der Waals surface area (Å²) in [6.07, 6.45) is -1.81. The Hall–Kier alpha value is -1.79. The number of rotatable bonds is 4. The minimum absolute atomic E-state index is 0.00595. The van der Waals surface area contributed by atoms with E-state index in [1.807, 2.05) is 0 Å². The van der Waals surface area contributed by atoms with Gasteiger partial charge >= 0.3 is 6.18 Å². The molecule has 0 aromatic carbocycles. The maximum atomic E-state index is 12.3. The lowest BCUT2D eigenvalue weighted by Gasteiger charge is -2.23. The lowest BCUT2D eigenvalue weighted by Crippen LogP contribution is -2.39. The molecule has 0 saturated carbocycles. The molecule has 1 heterocycles. The molecule has 1 N–H and O–H groups in total. The topological polar surface area (TPSA) is 53.4 Å². The molecule has 0 fully saturated rings. The fraction of sp³-hybridized carbons (Fsp3) is 0.455. The summed E-state index contributed by atoms with van der Waals surface area (Å²) in [5.41, 5.74) is -0.0623. The van der Waals surface area contributed by atoms with Gasteiger partial charge in [-0.05, 0) is 12.5 Å². The number of hydrogen-bond donors (Lipinski definition) is 1. The van der Waals surface area contributed by atoms with Crippen LogP contribution in [-0.4, -0.2) is 40.2 Å². The molecule has 1 aromatic rings. The first-order valence-electron chi connectivity index (χ1n) is 5.33. The number of hydrogen-bond acceptors (Lipinski definition) is 3. The molecule has 0 bridgehead atoms. The normalized spacial score (nSPS) is 11.3. The molecule has 7 heteroatoms. The summed E-state index contributed by atoms with van der Waals surface area (Å²) in [6, 6.07) is 1.09. The zero-order chi connectivity index (χ0) is 13.8. The molecule has 0 aliphatic carbocycles. The average molecular weight is 262 g/mol. The Morgan fingerprint density at radius 2 is 2.11 bits per heavy atom. The summed E-state index contributed by atoms with van der Waals surface area (Å²) in [5.74, 6) is -1.05. The molecule has 0 atom stereocenters. The average Bonchev–Trinajstić information content (AvgIpc) is 2.26. The van der Waals surface area contributed by atoms with Crippen molar-refractivity contribution in [2.75, 3.05) is 13.1 Å². The smallest absolute Gasteiger partial charge is 0.406 e. The van der Waals surface area contributed by atoms with Crippen molar-refractivity contribution in [1.82, 2.24) is 9.88 Å². The Morgan fingerprint density at radius 1 is 1.44 bits per heavy atom. The Kier molecular flexibility index (Phi) is 4.52. The fourth-order valence-electron chi connectivity index (χ4n) is 1.47. The molecule has 0 unspecified atom stereocenters. The van der Waals surface area contributed by atoms with E-state index in [9.17, 15) is 18.0 Å². The first-order valence-corrected chi connectivity index (χ1v) is 5.33. The Balaban J connectivity index is 2.89. The van der Waals surface area contributed by atoms with Crippen LogP contribution in [0.5, 0.6) is 5.75 Å². The van der Waals surface area contributed by atoms with Crippen LogP contribution in [0.2, 0.25) is 0 Å². The van der Waals surface area contributed by atoms with Crippen molar-refractivity contribution in [3.8, 4) is 5.75 Å². The van der Waals surface area contributed by atoms with Gasteiger partial charge in [0.2, 0.25) is 0 Å². The molecule has 1 amide bonds. The van der Waals surface area contributed by atoms with Gasteiger partial charge in [-0.2, -0.15) is 13.2 Å². The van der Waals surface area contributed by atoms with Crippen LogP contribution < -0.4 is 0 Å². The lowest BCUT2D eigenvalue weighted by atomic mass is 10.2. The number of carbonyl (C=O) groups excluding carboxylic acids is 1. The molecule has 0 aliphatic heterocycles. The van der Waals surface area contributed by atoms with Gasteiger partial charge in [0.15, 0.2) is 0 Å². The molecule has 4 nitrogen and oxygen atoms in total. The predicted octanol–water partition coefficient (Wildman–Crippen LogP) is 2.20. The summed E-state index contributed by atoms with van der Waals surface area (Å²) in [6.45, 7) is 0.362. The van der Waals surface area contributed by atoms with E-state index in [-0.39, 0.29) is 17.9 Å². The van der Waals surface area contributed by atoms with Gasteiger partial charge in [0.05, 0.1) is 11.8 Å². The Bertz CT molecular complexity index is 421. The van der Waals surface area contributed by atoms with Gasteiger partial charge in [0, 0.05) is 12.7 Å². The van der Waals surface area contributed by atoms with E-state index in [1.54, 1.807) is 6.92 Å². The van der Waals surface area contributed by atoms with Crippen LogP contribution in [0.4, 0.5) is 13.2 Å². The van der Waals surface area contributed by atoms with Gasteiger partial charge in [-0.1, -0.05) is 6.92 Å². The second-order valence-electron chi connectivity index (χ2n) is 3.77. The third-order valence-corrected chi connectivity index (χ3v) is 2.12. The summed E-state index contributed by atoms with van der Waals surface area (Å²) < 4.78 is 37.0. The molecule has 0 aliphatic rings. The van der Waals surface area contributed by atoms with Gasteiger partial charge in [-0.25, -0.2) is 0 Å².